The first-order chi connectivity index (χ1) is 8.03. The average Bonchev–Trinajstić information content (AvgIpc) is 2.61. The standard InChI is InChI=1S/C13H15ClO2S/c14-17(15,16)8-9-6-11-3-1-2-10-4-5-12(7-9)13(10)11/h6-7,10H,1-5,8H2. The lowest BCUT2D eigenvalue weighted by Gasteiger charge is -2.22. The molecule has 0 bridgehead atoms. The molecule has 1 atom stereocenters. The van der Waals surface area contributed by atoms with Gasteiger partial charge in [0.2, 0.25) is 9.05 Å². The van der Waals surface area contributed by atoms with Gasteiger partial charge in [-0.15, -0.1) is 0 Å². The molecule has 0 saturated heterocycles. The van der Waals surface area contributed by atoms with Gasteiger partial charge in [-0.1, -0.05) is 12.1 Å². The van der Waals surface area contributed by atoms with E-state index in [1.807, 2.05) is 6.07 Å². The van der Waals surface area contributed by atoms with Crippen molar-refractivity contribution in [3.05, 3.63) is 34.4 Å². The van der Waals surface area contributed by atoms with Crippen LogP contribution in [0.4, 0.5) is 0 Å². The molecular weight excluding hydrogens is 256 g/mol. The summed E-state index contributed by atoms with van der Waals surface area (Å²) >= 11 is 0. The third-order valence-corrected chi connectivity index (χ3v) is 4.92. The number of rotatable bonds is 2. The summed E-state index contributed by atoms with van der Waals surface area (Å²) in [6, 6.07) is 4.10. The van der Waals surface area contributed by atoms with Gasteiger partial charge in [0, 0.05) is 10.7 Å². The highest BCUT2D eigenvalue weighted by Gasteiger charge is 2.28. The Bertz CT molecular complexity index is 563. The minimum absolute atomic E-state index is 0.0422. The van der Waals surface area contributed by atoms with Crippen molar-refractivity contribution in [3.8, 4) is 0 Å². The Morgan fingerprint density at radius 1 is 1.18 bits per heavy atom. The molecule has 0 aliphatic heterocycles. The van der Waals surface area contributed by atoms with Gasteiger partial charge in [0.25, 0.3) is 0 Å². The van der Waals surface area contributed by atoms with Crippen LogP contribution in [-0.4, -0.2) is 8.42 Å². The van der Waals surface area contributed by atoms with E-state index in [2.05, 4.69) is 6.07 Å². The molecule has 1 aromatic carbocycles. The fraction of sp³-hybridized carbons (Fsp3) is 0.538. The molecule has 3 rings (SSSR count). The fourth-order valence-corrected chi connectivity index (χ4v) is 4.32. The first-order valence-corrected chi connectivity index (χ1v) is 8.58. The topological polar surface area (TPSA) is 34.1 Å². The molecule has 2 aliphatic carbocycles. The number of benzene rings is 1. The molecule has 0 amide bonds. The van der Waals surface area contributed by atoms with E-state index in [0.717, 1.165) is 24.3 Å². The maximum absolute atomic E-state index is 11.1. The van der Waals surface area contributed by atoms with Crippen LogP contribution in [-0.2, 0) is 27.6 Å². The summed E-state index contributed by atoms with van der Waals surface area (Å²) in [5.74, 6) is 0.690. The van der Waals surface area contributed by atoms with Crippen LogP contribution < -0.4 is 0 Å². The van der Waals surface area contributed by atoms with Gasteiger partial charge in [-0.2, -0.15) is 0 Å². The Morgan fingerprint density at radius 2 is 1.88 bits per heavy atom. The molecule has 0 saturated carbocycles. The van der Waals surface area contributed by atoms with E-state index in [4.69, 9.17) is 10.7 Å². The molecule has 0 heterocycles. The second-order valence-electron chi connectivity index (χ2n) is 5.14. The summed E-state index contributed by atoms with van der Waals surface area (Å²) in [5.41, 5.74) is 5.11. The Kier molecular flexibility index (Phi) is 2.71. The molecule has 0 aromatic heterocycles. The molecule has 1 aromatic rings. The van der Waals surface area contributed by atoms with Crippen molar-refractivity contribution in [3.63, 3.8) is 0 Å². The first kappa shape index (κ1) is 11.5. The van der Waals surface area contributed by atoms with Gasteiger partial charge in [-0.25, -0.2) is 8.42 Å². The maximum Gasteiger partial charge on any atom is 0.236 e. The molecule has 2 aliphatic rings. The summed E-state index contributed by atoms with van der Waals surface area (Å²) in [7, 11) is 1.89. The molecule has 4 heteroatoms. The second-order valence-corrected chi connectivity index (χ2v) is 7.92. The zero-order valence-corrected chi connectivity index (χ0v) is 11.1. The van der Waals surface area contributed by atoms with E-state index < -0.39 is 9.05 Å². The molecule has 0 radical (unpaired) electrons. The lowest BCUT2D eigenvalue weighted by atomic mass is 9.83. The Hall–Kier alpha value is -0.540. The van der Waals surface area contributed by atoms with Crippen LogP contribution in [0.3, 0.4) is 0 Å². The van der Waals surface area contributed by atoms with Gasteiger partial charge in [-0.3, -0.25) is 0 Å². The normalized spacial score (nSPS) is 22.5. The number of halogens is 1. The maximum atomic E-state index is 11.1. The average molecular weight is 271 g/mol. The Labute approximate surface area is 106 Å². The quantitative estimate of drug-likeness (QED) is 0.774. The zero-order valence-electron chi connectivity index (χ0n) is 9.58. The van der Waals surface area contributed by atoms with Crippen LogP contribution in [0.5, 0.6) is 0 Å². The van der Waals surface area contributed by atoms with Crippen LogP contribution in [0, 0.1) is 0 Å². The van der Waals surface area contributed by atoms with Crippen molar-refractivity contribution in [2.75, 3.05) is 0 Å². The lowest BCUT2D eigenvalue weighted by Crippen LogP contribution is -2.08. The first-order valence-electron chi connectivity index (χ1n) is 6.10. The van der Waals surface area contributed by atoms with E-state index in [-0.39, 0.29) is 5.75 Å². The largest absolute Gasteiger partial charge is 0.236 e. The number of hydrogen-bond donors (Lipinski definition) is 0. The highest BCUT2D eigenvalue weighted by atomic mass is 35.7. The summed E-state index contributed by atoms with van der Waals surface area (Å²) < 4.78 is 22.3. The highest BCUT2D eigenvalue weighted by molar-refractivity contribution is 8.13. The van der Waals surface area contributed by atoms with Crippen LogP contribution in [0.25, 0.3) is 0 Å². The minimum Gasteiger partial charge on any atom is -0.212 e. The van der Waals surface area contributed by atoms with Crippen molar-refractivity contribution in [1.82, 2.24) is 0 Å². The minimum atomic E-state index is -3.44. The van der Waals surface area contributed by atoms with E-state index in [1.54, 1.807) is 0 Å². The summed E-state index contributed by atoms with van der Waals surface area (Å²) in [6.45, 7) is 0. The van der Waals surface area contributed by atoms with Crippen LogP contribution in [0.1, 0.15) is 47.4 Å². The van der Waals surface area contributed by atoms with Crippen molar-refractivity contribution >= 4 is 19.7 Å². The number of aryl methyl sites for hydroxylation is 2. The van der Waals surface area contributed by atoms with Crippen molar-refractivity contribution < 1.29 is 8.42 Å². The fourth-order valence-electron chi connectivity index (χ4n) is 3.37. The third-order valence-electron chi connectivity index (χ3n) is 3.92. The number of hydrogen-bond acceptors (Lipinski definition) is 2. The second kappa shape index (κ2) is 3.99. The monoisotopic (exact) mass is 270 g/mol. The smallest absolute Gasteiger partial charge is 0.212 e. The third kappa shape index (κ3) is 2.23. The van der Waals surface area contributed by atoms with E-state index >= 15 is 0 Å². The predicted molar refractivity (Wildman–Crippen MR) is 68.9 cm³/mol. The predicted octanol–water partition coefficient (Wildman–Crippen LogP) is 3.12. The van der Waals surface area contributed by atoms with E-state index in [0.29, 0.717) is 0 Å². The molecule has 1 unspecified atom stereocenters. The molecular formula is C13H15ClO2S. The molecule has 0 spiro atoms. The van der Waals surface area contributed by atoms with Gasteiger partial charge in [0.15, 0.2) is 0 Å². The van der Waals surface area contributed by atoms with Crippen LogP contribution in [0.15, 0.2) is 12.1 Å². The van der Waals surface area contributed by atoms with Crippen molar-refractivity contribution in [2.45, 2.75) is 43.8 Å². The molecule has 2 nitrogen and oxygen atoms in total. The van der Waals surface area contributed by atoms with Crippen LogP contribution in [0.2, 0.25) is 0 Å². The SMILES string of the molecule is O=S(=O)(Cl)Cc1cc2c3c(c1)CCC3CCC2. The van der Waals surface area contributed by atoms with Gasteiger partial charge >= 0.3 is 0 Å². The lowest BCUT2D eigenvalue weighted by molar-refractivity contribution is 0.555. The Morgan fingerprint density at radius 3 is 2.59 bits per heavy atom. The van der Waals surface area contributed by atoms with Gasteiger partial charge in [0.1, 0.15) is 0 Å². The highest BCUT2D eigenvalue weighted by Crippen LogP contribution is 2.43. The molecule has 0 N–H and O–H groups in total. The van der Waals surface area contributed by atoms with Gasteiger partial charge < -0.3 is 0 Å². The van der Waals surface area contributed by atoms with E-state index in [9.17, 15) is 8.42 Å². The van der Waals surface area contributed by atoms with Crippen LogP contribution >= 0.6 is 10.7 Å². The molecule has 0 fully saturated rings. The molecule has 17 heavy (non-hydrogen) atoms. The summed E-state index contributed by atoms with van der Waals surface area (Å²) in [6.07, 6.45) is 5.96. The molecule has 92 valence electrons. The summed E-state index contributed by atoms with van der Waals surface area (Å²) in [5, 5.41) is 0. The summed E-state index contributed by atoms with van der Waals surface area (Å²) in [4.78, 5) is 0. The van der Waals surface area contributed by atoms with Crippen molar-refractivity contribution in [2.24, 2.45) is 0 Å². The van der Waals surface area contributed by atoms with Gasteiger partial charge in [-0.05, 0) is 60.3 Å². The van der Waals surface area contributed by atoms with Crippen molar-refractivity contribution in [1.29, 1.82) is 0 Å². The Balaban J connectivity index is 2.05. The van der Waals surface area contributed by atoms with E-state index in [1.165, 1.54) is 36.0 Å². The zero-order chi connectivity index (χ0) is 12.0. The van der Waals surface area contributed by atoms with Gasteiger partial charge in [0.05, 0.1) is 5.75 Å².